The predicted molar refractivity (Wildman–Crippen MR) is 118 cm³/mol. The van der Waals surface area contributed by atoms with Crippen LogP contribution in [0.15, 0.2) is 36.5 Å². The van der Waals surface area contributed by atoms with E-state index in [0.717, 1.165) is 53.3 Å². The van der Waals surface area contributed by atoms with Gasteiger partial charge in [-0.2, -0.15) is 5.10 Å². The van der Waals surface area contributed by atoms with Crippen LogP contribution < -0.4 is 5.32 Å². The molecule has 0 amide bonds. The quantitative estimate of drug-likeness (QED) is 0.467. The highest BCUT2D eigenvalue weighted by molar-refractivity contribution is 6.30. The van der Waals surface area contributed by atoms with E-state index in [-0.39, 0.29) is 6.04 Å². The van der Waals surface area contributed by atoms with Gasteiger partial charge in [-0.15, -0.1) is 10.2 Å². The fraction of sp³-hybridized carbons (Fsp3) is 0.364. The lowest BCUT2D eigenvalue weighted by Crippen LogP contribution is -2.05. The molecule has 1 aromatic carbocycles. The molecule has 0 spiro atoms. The third kappa shape index (κ3) is 3.54. The van der Waals surface area contributed by atoms with Gasteiger partial charge < -0.3 is 9.88 Å². The summed E-state index contributed by atoms with van der Waals surface area (Å²) in [6.07, 6.45) is 4.86. The lowest BCUT2D eigenvalue weighted by atomic mass is 10.1. The minimum atomic E-state index is 0.243. The van der Waals surface area contributed by atoms with Gasteiger partial charge in [0.25, 0.3) is 0 Å². The van der Waals surface area contributed by atoms with Crippen LogP contribution in [-0.4, -0.2) is 29.5 Å². The Hall–Kier alpha value is -2.93. The second-order valence-corrected chi connectivity index (χ2v) is 8.41. The predicted octanol–water partition coefficient (Wildman–Crippen LogP) is 4.41. The Bertz CT molecular complexity index is 1190. The van der Waals surface area contributed by atoms with Gasteiger partial charge in [-0.1, -0.05) is 23.7 Å². The molecule has 1 aliphatic heterocycles. The van der Waals surface area contributed by atoms with Crippen LogP contribution >= 0.6 is 11.6 Å². The van der Waals surface area contributed by atoms with E-state index in [4.69, 9.17) is 11.6 Å². The Balaban J connectivity index is 1.27. The molecule has 0 bridgehead atoms. The van der Waals surface area contributed by atoms with Crippen LogP contribution in [-0.2, 0) is 25.9 Å². The van der Waals surface area contributed by atoms with Crippen molar-refractivity contribution < 1.29 is 0 Å². The lowest BCUT2D eigenvalue weighted by molar-refractivity contribution is 0.546. The Labute approximate surface area is 180 Å². The first-order valence-electron chi connectivity index (χ1n) is 10.3. The highest BCUT2D eigenvalue weighted by Gasteiger charge is 2.17. The summed E-state index contributed by atoms with van der Waals surface area (Å²) in [7, 11) is 0. The minimum Gasteiger partial charge on any atom is -0.381 e. The number of benzene rings is 1. The largest absolute Gasteiger partial charge is 0.381 e. The fourth-order valence-electron chi connectivity index (χ4n) is 3.96. The van der Waals surface area contributed by atoms with Crippen molar-refractivity contribution in [2.75, 3.05) is 5.32 Å². The Morgan fingerprint density at radius 2 is 2.00 bits per heavy atom. The van der Waals surface area contributed by atoms with E-state index in [2.05, 4.69) is 74.3 Å². The molecule has 0 saturated heterocycles. The summed E-state index contributed by atoms with van der Waals surface area (Å²) in [5.74, 6) is 2.17. The van der Waals surface area contributed by atoms with Gasteiger partial charge in [-0.3, -0.25) is 0 Å². The average molecular weight is 422 g/mol. The summed E-state index contributed by atoms with van der Waals surface area (Å²) in [4.78, 5) is 4.56. The molecule has 0 aliphatic carbocycles. The summed E-state index contributed by atoms with van der Waals surface area (Å²) < 4.78 is 4.14. The van der Waals surface area contributed by atoms with Crippen molar-refractivity contribution in [3.8, 4) is 0 Å². The molecule has 1 aliphatic rings. The van der Waals surface area contributed by atoms with Gasteiger partial charge in [0.15, 0.2) is 5.65 Å². The van der Waals surface area contributed by atoms with E-state index in [1.807, 2.05) is 10.9 Å². The van der Waals surface area contributed by atoms with Crippen LogP contribution in [0, 0.1) is 0 Å². The first-order chi connectivity index (χ1) is 14.6. The second kappa shape index (κ2) is 7.72. The van der Waals surface area contributed by atoms with Crippen molar-refractivity contribution in [3.63, 3.8) is 0 Å². The monoisotopic (exact) mass is 421 g/mol. The van der Waals surface area contributed by atoms with E-state index in [9.17, 15) is 0 Å². The van der Waals surface area contributed by atoms with E-state index in [0.29, 0.717) is 11.7 Å². The summed E-state index contributed by atoms with van der Waals surface area (Å²) >= 11 is 6.45. The van der Waals surface area contributed by atoms with Gasteiger partial charge in [0.2, 0.25) is 0 Å². The zero-order chi connectivity index (χ0) is 20.7. The van der Waals surface area contributed by atoms with Crippen LogP contribution in [0.5, 0.6) is 0 Å². The number of fused-ring (bicyclic) bond motifs is 2. The van der Waals surface area contributed by atoms with Crippen LogP contribution in [0.1, 0.15) is 49.1 Å². The zero-order valence-electron chi connectivity index (χ0n) is 17.1. The number of aromatic nitrogens is 6. The highest BCUT2D eigenvalue weighted by atomic mass is 35.5. The van der Waals surface area contributed by atoms with Gasteiger partial charge in [-0.05, 0) is 44.0 Å². The molecule has 1 N–H and O–H groups in total. The topological polar surface area (TPSA) is 73.5 Å². The van der Waals surface area contributed by atoms with Crippen molar-refractivity contribution in [3.05, 3.63) is 64.5 Å². The molecule has 4 aromatic rings. The molecule has 3 aromatic heterocycles. The number of pyridine rings is 1. The minimum absolute atomic E-state index is 0.243. The number of anilines is 1. The van der Waals surface area contributed by atoms with Gasteiger partial charge in [0.05, 0.1) is 6.20 Å². The third-order valence-corrected chi connectivity index (χ3v) is 5.90. The van der Waals surface area contributed by atoms with Gasteiger partial charge >= 0.3 is 0 Å². The molecule has 0 saturated carbocycles. The Morgan fingerprint density at radius 3 is 2.80 bits per heavy atom. The van der Waals surface area contributed by atoms with Crippen molar-refractivity contribution in [2.45, 2.75) is 52.2 Å². The van der Waals surface area contributed by atoms with E-state index >= 15 is 0 Å². The van der Waals surface area contributed by atoms with E-state index in [1.165, 1.54) is 12.0 Å². The number of rotatable bonds is 6. The third-order valence-electron chi connectivity index (χ3n) is 5.57. The maximum Gasteiger partial charge on any atom is 0.159 e. The molecule has 0 radical (unpaired) electrons. The first kappa shape index (κ1) is 19.1. The van der Waals surface area contributed by atoms with E-state index < -0.39 is 0 Å². The van der Waals surface area contributed by atoms with Crippen molar-refractivity contribution in [1.82, 2.24) is 29.5 Å². The van der Waals surface area contributed by atoms with Crippen LogP contribution in [0.2, 0.25) is 5.15 Å². The lowest BCUT2D eigenvalue weighted by Gasteiger charge is -2.10. The van der Waals surface area contributed by atoms with Gasteiger partial charge in [-0.25, -0.2) is 9.67 Å². The van der Waals surface area contributed by atoms with E-state index in [1.54, 1.807) is 0 Å². The molecule has 0 unspecified atom stereocenters. The highest BCUT2D eigenvalue weighted by Crippen LogP contribution is 2.24. The summed E-state index contributed by atoms with van der Waals surface area (Å²) in [6, 6.07) is 10.8. The molecule has 7 nitrogen and oxygen atoms in total. The van der Waals surface area contributed by atoms with Crippen molar-refractivity contribution in [2.24, 2.45) is 0 Å². The second-order valence-electron chi connectivity index (χ2n) is 8.05. The van der Waals surface area contributed by atoms with Crippen molar-refractivity contribution in [1.29, 1.82) is 0 Å². The van der Waals surface area contributed by atoms with Crippen LogP contribution in [0.4, 0.5) is 5.69 Å². The molecular weight excluding hydrogens is 398 g/mol. The molecule has 154 valence electrons. The number of halogens is 1. The molecule has 0 fully saturated rings. The first-order valence-corrected chi connectivity index (χ1v) is 10.7. The standard InChI is InChI=1S/C22H24ClN7/c1-14(2)30-22-17(13-25-30)11-16(21(23)26-22)12-24-18-7-5-15(6-8-18)10-20-28-27-19-4-3-9-29(19)20/h5-8,11,13-14,24H,3-4,9-10,12H2,1-2H3. The molecule has 5 rings (SSSR count). The van der Waals surface area contributed by atoms with Gasteiger partial charge in [0, 0.05) is 48.6 Å². The summed E-state index contributed by atoms with van der Waals surface area (Å²) in [5.41, 5.74) is 4.04. The van der Waals surface area contributed by atoms with Crippen LogP contribution in [0.25, 0.3) is 11.0 Å². The number of hydrogen-bond acceptors (Lipinski definition) is 5. The number of aryl methyl sites for hydroxylation is 1. The molecule has 30 heavy (non-hydrogen) atoms. The average Bonchev–Trinajstić information content (AvgIpc) is 3.44. The maximum atomic E-state index is 6.45. The summed E-state index contributed by atoms with van der Waals surface area (Å²) in [5, 5.41) is 18.0. The van der Waals surface area contributed by atoms with Gasteiger partial charge in [0.1, 0.15) is 16.8 Å². The normalized spacial score (nSPS) is 13.3. The summed E-state index contributed by atoms with van der Waals surface area (Å²) in [6.45, 7) is 5.80. The molecule has 8 heteroatoms. The molecular formula is C22H24ClN7. The Morgan fingerprint density at radius 1 is 1.17 bits per heavy atom. The molecule has 0 atom stereocenters. The number of nitrogens with one attached hydrogen (secondary N) is 1. The van der Waals surface area contributed by atoms with Crippen LogP contribution in [0.3, 0.4) is 0 Å². The number of hydrogen-bond donors (Lipinski definition) is 1. The maximum absolute atomic E-state index is 6.45. The smallest absolute Gasteiger partial charge is 0.159 e. The molecule has 4 heterocycles. The SMILES string of the molecule is CC(C)n1ncc2cc(CNc3ccc(Cc4nnc5n4CCC5)cc3)c(Cl)nc21. The Kier molecular flexibility index (Phi) is 4.90. The zero-order valence-corrected chi connectivity index (χ0v) is 17.9. The van der Waals surface area contributed by atoms with Crippen molar-refractivity contribution >= 4 is 28.3 Å². The fourth-order valence-corrected chi connectivity index (χ4v) is 4.16. The number of nitrogens with zero attached hydrogens (tertiary/aromatic N) is 6.